The molecule has 1 nitrogen and oxygen atoms in total. The molecule has 0 spiro atoms. The standard InChI is InChI=1S/C10H16OS/c1-6-10(4,5)9(3)12-8(2)7-11/h7H,2-3,6H2,1,4-5H3. The maximum absolute atomic E-state index is 10.3. The SMILES string of the molecule is C=C(C=O)SC(=C)C(C)(C)CC. The van der Waals surface area contributed by atoms with Gasteiger partial charge in [0.25, 0.3) is 0 Å². The largest absolute Gasteiger partial charge is 0.297 e. The third kappa shape index (κ3) is 3.26. The summed E-state index contributed by atoms with van der Waals surface area (Å²) in [6, 6.07) is 0. The molecule has 0 aromatic heterocycles. The summed E-state index contributed by atoms with van der Waals surface area (Å²) in [6.07, 6.45) is 1.78. The number of rotatable bonds is 5. The van der Waals surface area contributed by atoms with Crippen LogP contribution >= 0.6 is 11.8 Å². The number of thioether (sulfide) groups is 1. The Morgan fingerprint density at radius 3 is 2.33 bits per heavy atom. The molecule has 0 aliphatic heterocycles. The van der Waals surface area contributed by atoms with Crippen molar-refractivity contribution in [1.29, 1.82) is 0 Å². The van der Waals surface area contributed by atoms with Crippen molar-refractivity contribution in [2.45, 2.75) is 27.2 Å². The minimum Gasteiger partial charge on any atom is -0.297 e. The Labute approximate surface area is 78.9 Å². The third-order valence-electron chi connectivity index (χ3n) is 2.02. The summed E-state index contributed by atoms with van der Waals surface area (Å²) >= 11 is 1.37. The zero-order valence-electron chi connectivity index (χ0n) is 8.02. The summed E-state index contributed by atoms with van der Waals surface area (Å²) in [4.78, 5) is 11.8. The summed E-state index contributed by atoms with van der Waals surface area (Å²) in [6.45, 7) is 13.9. The Morgan fingerprint density at radius 1 is 1.50 bits per heavy atom. The van der Waals surface area contributed by atoms with Crippen LogP contribution in [0.5, 0.6) is 0 Å². The number of aldehydes is 1. The van der Waals surface area contributed by atoms with E-state index in [4.69, 9.17) is 0 Å². The van der Waals surface area contributed by atoms with Crippen LogP contribution in [0.4, 0.5) is 0 Å². The maximum atomic E-state index is 10.3. The van der Waals surface area contributed by atoms with Crippen LogP contribution in [0.3, 0.4) is 0 Å². The van der Waals surface area contributed by atoms with Crippen LogP contribution in [0.2, 0.25) is 0 Å². The fourth-order valence-electron chi connectivity index (χ4n) is 0.518. The highest BCUT2D eigenvalue weighted by Crippen LogP contribution is 2.38. The van der Waals surface area contributed by atoms with Crippen LogP contribution in [0.25, 0.3) is 0 Å². The molecule has 68 valence electrons. The first-order valence-corrected chi connectivity index (χ1v) is 4.77. The van der Waals surface area contributed by atoms with Crippen LogP contribution in [0, 0.1) is 5.41 Å². The van der Waals surface area contributed by atoms with Gasteiger partial charge in [-0.25, -0.2) is 0 Å². The number of hydrogen-bond donors (Lipinski definition) is 0. The highest BCUT2D eigenvalue weighted by molar-refractivity contribution is 8.07. The first-order valence-electron chi connectivity index (χ1n) is 3.95. The fourth-order valence-corrected chi connectivity index (χ4v) is 1.30. The predicted molar refractivity (Wildman–Crippen MR) is 56.0 cm³/mol. The lowest BCUT2D eigenvalue weighted by atomic mass is 9.90. The van der Waals surface area contributed by atoms with Gasteiger partial charge in [0.15, 0.2) is 6.29 Å². The molecule has 0 aromatic carbocycles. The molecule has 0 bridgehead atoms. The molecule has 2 heteroatoms. The second-order valence-electron chi connectivity index (χ2n) is 3.35. The van der Waals surface area contributed by atoms with E-state index < -0.39 is 0 Å². The van der Waals surface area contributed by atoms with Crippen molar-refractivity contribution in [3.63, 3.8) is 0 Å². The smallest absolute Gasteiger partial charge is 0.156 e. The summed E-state index contributed by atoms with van der Waals surface area (Å²) in [5, 5.41) is 0. The van der Waals surface area contributed by atoms with Gasteiger partial charge in [0.2, 0.25) is 0 Å². The summed E-state index contributed by atoms with van der Waals surface area (Å²) in [5.41, 5.74) is 0.0800. The maximum Gasteiger partial charge on any atom is 0.156 e. The monoisotopic (exact) mass is 184 g/mol. The lowest BCUT2D eigenvalue weighted by Crippen LogP contribution is -2.10. The van der Waals surface area contributed by atoms with Crippen LogP contribution in [0.15, 0.2) is 23.0 Å². The van der Waals surface area contributed by atoms with Gasteiger partial charge in [0, 0.05) is 4.91 Å². The average Bonchev–Trinajstić information content (AvgIpc) is 2.04. The Kier molecular flexibility index (Phi) is 4.32. The number of carbonyl (C=O) groups excluding carboxylic acids is 1. The molecular formula is C10H16OS. The second-order valence-corrected chi connectivity index (χ2v) is 4.57. The molecule has 0 atom stereocenters. The number of hydrogen-bond acceptors (Lipinski definition) is 2. The Morgan fingerprint density at radius 2 is 2.00 bits per heavy atom. The van der Waals surface area contributed by atoms with E-state index >= 15 is 0 Å². The lowest BCUT2D eigenvalue weighted by Gasteiger charge is -2.24. The molecule has 0 heterocycles. The molecule has 0 aromatic rings. The minimum atomic E-state index is 0.0800. The quantitative estimate of drug-likeness (QED) is 0.481. The van der Waals surface area contributed by atoms with Crippen molar-refractivity contribution in [2.24, 2.45) is 5.41 Å². The second kappa shape index (κ2) is 4.51. The molecule has 0 unspecified atom stereocenters. The van der Waals surface area contributed by atoms with E-state index in [1.54, 1.807) is 0 Å². The molecule has 0 N–H and O–H groups in total. The molecule has 0 radical (unpaired) electrons. The van der Waals surface area contributed by atoms with Gasteiger partial charge in [-0.3, -0.25) is 4.79 Å². The fraction of sp³-hybridized carbons (Fsp3) is 0.500. The van der Waals surface area contributed by atoms with Gasteiger partial charge in [-0.1, -0.05) is 45.7 Å². The van der Waals surface area contributed by atoms with E-state index in [0.717, 1.165) is 17.6 Å². The van der Waals surface area contributed by atoms with Crippen molar-refractivity contribution in [3.8, 4) is 0 Å². The van der Waals surface area contributed by atoms with Crippen LogP contribution < -0.4 is 0 Å². The molecule has 12 heavy (non-hydrogen) atoms. The summed E-state index contributed by atoms with van der Waals surface area (Å²) < 4.78 is 0. The predicted octanol–water partition coefficient (Wildman–Crippen LogP) is 3.38. The van der Waals surface area contributed by atoms with Crippen molar-refractivity contribution < 1.29 is 4.79 Å². The van der Waals surface area contributed by atoms with Crippen molar-refractivity contribution >= 4 is 18.0 Å². The van der Waals surface area contributed by atoms with E-state index in [9.17, 15) is 4.79 Å². The molecule has 0 saturated carbocycles. The topological polar surface area (TPSA) is 17.1 Å². The van der Waals surface area contributed by atoms with Gasteiger partial charge in [0.05, 0.1) is 0 Å². The number of allylic oxidation sites excluding steroid dienone is 2. The van der Waals surface area contributed by atoms with Gasteiger partial charge in [0.1, 0.15) is 0 Å². The summed E-state index contributed by atoms with van der Waals surface area (Å²) in [7, 11) is 0. The van der Waals surface area contributed by atoms with E-state index in [1.807, 2.05) is 0 Å². The lowest BCUT2D eigenvalue weighted by molar-refractivity contribution is -0.104. The van der Waals surface area contributed by atoms with E-state index in [-0.39, 0.29) is 5.41 Å². The van der Waals surface area contributed by atoms with Gasteiger partial charge in [-0.15, -0.1) is 0 Å². The highest BCUT2D eigenvalue weighted by Gasteiger charge is 2.20. The first kappa shape index (κ1) is 11.5. The Hall–Kier alpha value is -0.500. The molecule has 0 rings (SSSR count). The molecule has 0 fully saturated rings. The summed E-state index contributed by atoms with van der Waals surface area (Å²) in [5.74, 6) is 0. The van der Waals surface area contributed by atoms with Crippen molar-refractivity contribution in [3.05, 3.63) is 23.0 Å². The van der Waals surface area contributed by atoms with Gasteiger partial charge < -0.3 is 0 Å². The average molecular weight is 184 g/mol. The first-order chi connectivity index (χ1) is 5.44. The van der Waals surface area contributed by atoms with Crippen LogP contribution in [0.1, 0.15) is 27.2 Å². The van der Waals surface area contributed by atoms with Gasteiger partial charge >= 0.3 is 0 Å². The molecule has 0 saturated heterocycles. The van der Waals surface area contributed by atoms with Crippen LogP contribution in [-0.2, 0) is 4.79 Å². The van der Waals surface area contributed by atoms with E-state index in [1.165, 1.54) is 11.8 Å². The zero-order valence-corrected chi connectivity index (χ0v) is 8.83. The van der Waals surface area contributed by atoms with Gasteiger partial charge in [-0.2, -0.15) is 0 Å². The van der Waals surface area contributed by atoms with E-state index in [0.29, 0.717) is 4.91 Å². The molecule has 0 amide bonds. The van der Waals surface area contributed by atoms with Crippen molar-refractivity contribution in [2.75, 3.05) is 0 Å². The van der Waals surface area contributed by atoms with E-state index in [2.05, 4.69) is 33.9 Å². The highest BCUT2D eigenvalue weighted by atomic mass is 32.2. The van der Waals surface area contributed by atoms with Gasteiger partial charge in [-0.05, 0) is 16.7 Å². The minimum absolute atomic E-state index is 0.0800. The molecular weight excluding hydrogens is 168 g/mol. The number of carbonyl (C=O) groups is 1. The molecule has 0 aliphatic carbocycles. The third-order valence-corrected chi connectivity index (χ3v) is 3.18. The Balaban J connectivity index is 4.22. The zero-order chi connectivity index (χ0) is 9.78. The van der Waals surface area contributed by atoms with Crippen molar-refractivity contribution in [1.82, 2.24) is 0 Å². The molecule has 0 aliphatic rings. The van der Waals surface area contributed by atoms with Crippen LogP contribution in [-0.4, -0.2) is 6.29 Å². The normalized spacial score (nSPS) is 10.9. The Bertz CT molecular complexity index is 204.